The van der Waals surface area contributed by atoms with Crippen LogP contribution in [0.2, 0.25) is 0 Å². The van der Waals surface area contributed by atoms with Crippen LogP contribution in [-0.2, 0) is 0 Å². The van der Waals surface area contributed by atoms with Crippen LogP contribution in [0.4, 0.5) is 0 Å². The molecule has 0 unspecified atom stereocenters. The SMILES string of the molecule is O[B]O.O[B]O.c1ccc(-c2ccccc2)cc1. The summed E-state index contributed by atoms with van der Waals surface area (Å²) < 4.78 is 0. The lowest BCUT2D eigenvalue weighted by molar-refractivity contribution is 0.447. The molecule has 0 aliphatic heterocycles. The maximum Gasteiger partial charge on any atom is 0.482 e. The molecular weight excluding hydrogens is 230 g/mol. The summed E-state index contributed by atoms with van der Waals surface area (Å²) in [5.74, 6) is 0. The van der Waals surface area contributed by atoms with Gasteiger partial charge in [0.1, 0.15) is 0 Å². The molecule has 0 bridgehead atoms. The van der Waals surface area contributed by atoms with Gasteiger partial charge in [-0.15, -0.1) is 0 Å². The Morgan fingerprint density at radius 2 is 0.722 bits per heavy atom. The molecule has 4 N–H and O–H groups in total. The molecule has 0 saturated carbocycles. The Hall–Kier alpha value is -1.59. The van der Waals surface area contributed by atoms with Crippen molar-refractivity contribution in [2.45, 2.75) is 0 Å². The fourth-order valence-corrected chi connectivity index (χ4v) is 1.26. The number of hydrogen-bond acceptors (Lipinski definition) is 4. The lowest BCUT2D eigenvalue weighted by Gasteiger charge is -1.98. The maximum absolute atomic E-state index is 7.00. The highest BCUT2D eigenvalue weighted by Crippen LogP contribution is 2.17. The average molecular weight is 244 g/mol. The summed E-state index contributed by atoms with van der Waals surface area (Å²) in [5, 5.41) is 28.0. The van der Waals surface area contributed by atoms with Crippen LogP contribution in [-0.4, -0.2) is 35.5 Å². The summed E-state index contributed by atoms with van der Waals surface area (Å²) in [6.45, 7) is 0. The van der Waals surface area contributed by atoms with E-state index >= 15 is 0 Å². The first-order chi connectivity index (χ1) is 8.79. The van der Waals surface area contributed by atoms with E-state index in [1.54, 1.807) is 0 Å². The van der Waals surface area contributed by atoms with E-state index in [0.29, 0.717) is 0 Å². The van der Waals surface area contributed by atoms with Crippen molar-refractivity contribution in [2.75, 3.05) is 0 Å². The van der Waals surface area contributed by atoms with E-state index < -0.39 is 0 Å². The van der Waals surface area contributed by atoms with Crippen molar-refractivity contribution in [2.24, 2.45) is 0 Å². The molecule has 0 heterocycles. The fourth-order valence-electron chi connectivity index (χ4n) is 1.26. The molecule has 18 heavy (non-hydrogen) atoms. The summed E-state index contributed by atoms with van der Waals surface area (Å²) in [7, 11) is 0. The van der Waals surface area contributed by atoms with Gasteiger partial charge in [0.05, 0.1) is 0 Å². The predicted molar refractivity (Wildman–Crippen MR) is 72.3 cm³/mol. The molecule has 0 aliphatic rings. The van der Waals surface area contributed by atoms with Gasteiger partial charge in [0, 0.05) is 0 Å². The Kier molecular flexibility index (Phi) is 10.8. The number of benzene rings is 2. The van der Waals surface area contributed by atoms with Gasteiger partial charge in [0.25, 0.3) is 0 Å². The minimum absolute atomic E-state index is 0. The van der Waals surface area contributed by atoms with Gasteiger partial charge < -0.3 is 20.1 Å². The highest BCUT2D eigenvalue weighted by molar-refractivity contribution is 6.13. The molecule has 2 radical (unpaired) electrons. The fraction of sp³-hybridized carbons (Fsp3) is 0. The molecule has 0 amide bonds. The molecular formula is C12H14B2O4. The van der Waals surface area contributed by atoms with E-state index in [-0.39, 0.29) is 15.4 Å². The lowest BCUT2D eigenvalue weighted by Crippen LogP contribution is -1.75. The van der Waals surface area contributed by atoms with Gasteiger partial charge in [0.15, 0.2) is 0 Å². The van der Waals surface area contributed by atoms with E-state index in [4.69, 9.17) is 20.1 Å². The van der Waals surface area contributed by atoms with Crippen LogP contribution in [0.1, 0.15) is 0 Å². The van der Waals surface area contributed by atoms with Gasteiger partial charge in [-0.25, -0.2) is 0 Å². The van der Waals surface area contributed by atoms with Crippen molar-refractivity contribution in [3.8, 4) is 11.1 Å². The Balaban J connectivity index is 0.000000414. The lowest BCUT2D eigenvalue weighted by atomic mass is 10.1. The quantitative estimate of drug-likeness (QED) is 0.546. The Morgan fingerprint density at radius 1 is 0.500 bits per heavy atom. The summed E-state index contributed by atoms with van der Waals surface area (Å²) in [6.07, 6.45) is 0. The molecule has 4 nitrogen and oxygen atoms in total. The molecule has 0 fully saturated rings. The molecule has 0 spiro atoms. The van der Waals surface area contributed by atoms with E-state index in [9.17, 15) is 0 Å². The first-order valence-corrected chi connectivity index (χ1v) is 5.10. The zero-order chi connectivity index (χ0) is 13.6. The largest absolute Gasteiger partial charge is 0.482 e. The molecule has 0 aromatic heterocycles. The van der Waals surface area contributed by atoms with Crippen molar-refractivity contribution < 1.29 is 20.1 Å². The molecule has 0 aliphatic carbocycles. The van der Waals surface area contributed by atoms with Crippen LogP contribution in [0.3, 0.4) is 0 Å². The molecule has 92 valence electrons. The molecule has 2 rings (SSSR count). The highest BCUT2D eigenvalue weighted by Gasteiger charge is 1.91. The van der Waals surface area contributed by atoms with Crippen molar-refractivity contribution >= 4 is 15.4 Å². The van der Waals surface area contributed by atoms with Gasteiger partial charge in [-0.3, -0.25) is 0 Å². The second kappa shape index (κ2) is 11.9. The third-order valence-corrected chi connectivity index (χ3v) is 1.88. The summed E-state index contributed by atoms with van der Waals surface area (Å²) >= 11 is 0. The smallest absolute Gasteiger partial charge is 0.429 e. The molecule has 2 aromatic carbocycles. The second-order valence-electron chi connectivity index (χ2n) is 2.96. The van der Waals surface area contributed by atoms with Gasteiger partial charge in [-0.2, -0.15) is 0 Å². The normalized spacial score (nSPS) is 8.00. The van der Waals surface area contributed by atoms with E-state index in [2.05, 4.69) is 48.5 Å². The van der Waals surface area contributed by atoms with Crippen LogP contribution in [0, 0.1) is 0 Å². The first kappa shape index (κ1) is 16.4. The van der Waals surface area contributed by atoms with Crippen LogP contribution in [0.15, 0.2) is 60.7 Å². The summed E-state index contributed by atoms with van der Waals surface area (Å²) in [6, 6.07) is 20.8. The van der Waals surface area contributed by atoms with Crippen molar-refractivity contribution in [1.82, 2.24) is 0 Å². The van der Waals surface area contributed by atoms with Gasteiger partial charge >= 0.3 is 15.4 Å². The molecule has 6 heteroatoms. The standard InChI is InChI=1S/C12H10.2BH2O2/c1-3-7-11(8-4-1)12-9-5-2-6-10-12;2*2-1-3/h1-10H;2*2-3H. The summed E-state index contributed by atoms with van der Waals surface area (Å²) in [5.41, 5.74) is 2.55. The number of rotatable bonds is 1. The third kappa shape index (κ3) is 7.65. The zero-order valence-corrected chi connectivity index (χ0v) is 9.72. The van der Waals surface area contributed by atoms with Crippen LogP contribution < -0.4 is 0 Å². The highest BCUT2D eigenvalue weighted by atomic mass is 16.4. The van der Waals surface area contributed by atoms with E-state index in [1.807, 2.05) is 12.1 Å². The molecule has 0 saturated heterocycles. The Bertz CT molecular complexity index is 344. The summed E-state index contributed by atoms with van der Waals surface area (Å²) in [4.78, 5) is 0. The number of hydrogen-bond donors (Lipinski definition) is 4. The van der Waals surface area contributed by atoms with Crippen molar-refractivity contribution in [3.05, 3.63) is 60.7 Å². The third-order valence-electron chi connectivity index (χ3n) is 1.88. The van der Waals surface area contributed by atoms with E-state index in [1.165, 1.54) is 11.1 Å². The monoisotopic (exact) mass is 244 g/mol. The molecule has 0 atom stereocenters. The first-order valence-electron chi connectivity index (χ1n) is 5.10. The van der Waals surface area contributed by atoms with Gasteiger partial charge in [-0.05, 0) is 11.1 Å². The molecule has 2 aromatic rings. The zero-order valence-electron chi connectivity index (χ0n) is 9.72. The van der Waals surface area contributed by atoms with Crippen molar-refractivity contribution in [3.63, 3.8) is 0 Å². The Labute approximate surface area is 108 Å². The second-order valence-corrected chi connectivity index (χ2v) is 2.96. The Morgan fingerprint density at radius 3 is 0.944 bits per heavy atom. The maximum atomic E-state index is 7.00. The predicted octanol–water partition coefficient (Wildman–Crippen LogP) is 0.364. The average Bonchev–Trinajstić information content (AvgIpc) is 2.43. The topological polar surface area (TPSA) is 80.9 Å². The minimum atomic E-state index is 0. The van der Waals surface area contributed by atoms with Gasteiger partial charge in [0.2, 0.25) is 0 Å². The van der Waals surface area contributed by atoms with Crippen LogP contribution >= 0.6 is 0 Å². The van der Waals surface area contributed by atoms with Crippen LogP contribution in [0.25, 0.3) is 11.1 Å². The van der Waals surface area contributed by atoms with E-state index in [0.717, 1.165) is 0 Å². The van der Waals surface area contributed by atoms with Gasteiger partial charge in [-0.1, -0.05) is 60.7 Å². The van der Waals surface area contributed by atoms with Crippen molar-refractivity contribution in [1.29, 1.82) is 0 Å². The minimum Gasteiger partial charge on any atom is -0.429 e. The van der Waals surface area contributed by atoms with Crippen LogP contribution in [0.5, 0.6) is 0 Å².